The molecule has 1 heterocycles. The summed E-state index contributed by atoms with van der Waals surface area (Å²) >= 11 is 0. The Labute approximate surface area is 259 Å². The number of nitrogens with zero attached hydrogens (tertiary/aromatic N) is 1. The van der Waals surface area contributed by atoms with E-state index in [2.05, 4.69) is 193 Å². The van der Waals surface area contributed by atoms with E-state index < -0.39 is 8.07 Å². The van der Waals surface area contributed by atoms with Gasteiger partial charge in [-0.25, -0.2) is 0 Å². The van der Waals surface area contributed by atoms with Crippen LogP contribution in [0.4, 0.5) is 0 Å². The topological polar surface area (TPSA) is 4.93 Å². The van der Waals surface area contributed by atoms with Gasteiger partial charge >= 0.3 is 0 Å². The molecule has 0 aliphatic heterocycles. The molecule has 0 aliphatic rings. The smallest absolute Gasteiger partial charge is 0.181 e. The zero-order valence-electron chi connectivity index (χ0n) is 24.3. The van der Waals surface area contributed by atoms with Crippen molar-refractivity contribution in [2.45, 2.75) is 0 Å². The van der Waals surface area contributed by atoms with Crippen molar-refractivity contribution in [3.8, 4) is 16.8 Å². The predicted octanol–water partition coefficient (Wildman–Crippen LogP) is 7.83. The Morgan fingerprint density at radius 2 is 0.864 bits per heavy atom. The number of hydrogen-bond acceptors (Lipinski definition) is 0. The third kappa shape index (κ3) is 4.15. The Kier molecular flexibility index (Phi) is 6.55. The molecule has 0 radical (unpaired) electrons. The molecule has 1 aromatic heterocycles. The van der Waals surface area contributed by atoms with Crippen LogP contribution < -0.4 is 20.7 Å². The average Bonchev–Trinajstić information content (AvgIpc) is 3.46. The number of hydrogen-bond donors (Lipinski definition) is 0. The number of aromatic nitrogens is 1. The summed E-state index contributed by atoms with van der Waals surface area (Å²) in [6.07, 6.45) is 0. The number of fused-ring (bicyclic) bond motifs is 3. The van der Waals surface area contributed by atoms with Gasteiger partial charge in [0.25, 0.3) is 0 Å². The fraction of sp³-hybridized carbons (Fsp3) is 0. The lowest BCUT2D eigenvalue weighted by molar-refractivity contribution is 1.18. The molecule has 1 nitrogen and oxygen atoms in total. The lowest BCUT2D eigenvalue weighted by atomic mass is 10.1. The number of benzene rings is 7. The van der Waals surface area contributed by atoms with E-state index in [0.29, 0.717) is 0 Å². The Balaban J connectivity index is 1.58. The normalized spacial score (nSPS) is 11.6. The van der Waals surface area contributed by atoms with Crippen molar-refractivity contribution in [2.24, 2.45) is 0 Å². The molecule has 0 bridgehead atoms. The standard InChI is InChI=1S/C42H31NSi/c1-5-17-32(18-6-1)33-19-15-26-37(31-33)44(35-22-9-3-10-23-35,36-24-11-4-12-25-36)41-30-16-28-39-38-27-13-14-29-40(38)43(42(39)41)34-20-7-2-8-21-34/h1-31H. The van der Waals surface area contributed by atoms with Crippen molar-refractivity contribution in [1.29, 1.82) is 0 Å². The van der Waals surface area contributed by atoms with Crippen molar-refractivity contribution in [3.63, 3.8) is 0 Å². The SMILES string of the molecule is c1ccc(-c2cccc([Si](c3ccccc3)(c3ccccc3)c3cccc4c5ccccc5n(-c5ccccc5)c34)c2)cc1. The highest BCUT2D eigenvalue weighted by atomic mass is 28.3. The van der Waals surface area contributed by atoms with E-state index in [-0.39, 0.29) is 0 Å². The summed E-state index contributed by atoms with van der Waals surface area (Å²) in [7, 11) is -2.88. The minimum Gasteiger partial charge on any atom is -0.309 e. The van der Waals surface area contributed by atoms with Crippen LogP contribution in [0.25, 0.3) is 38.6 Å². The summed E-state index contributed by atoms with van der Waals surface area (Å²) in [6, 6.07) is 69.2. The van der Waals surface area contributed by atoms with E-state index in [1.54, 1.807) is 0 Å². The van der Waals surface area contributed by atoms with E-state index in [4.69, 9.17) is 0 Å². The molecule has 0 N–H and O–H groups in total. The first-order valence-corrected chi connectivity index (χ1v) is 17.2. The van der Waals surface area contributed by atoms with Gasteiger partial charge in [-0.05, 0) is 50.1 Å². The lowest BCUT2D eigenvalue weighted by Crippen LogP contribution is -2.75. The second-order valence-corrected chi connectivity index (χ2v) is 15.1. The molecule has 44 heavy (non-hydrogen) atoms. The second-order valence-electron chi connectivity index (χ2n) is 11.3. The molecule has 8 rings (SSSR count). The zero-order valence-corrected chi connectivity index (χ0v) is 25.3. The van der Waals surface area contributed by atoms with Gasteiger partial charge in [-0.1, -0.05) is 170 Å². The molecule has 0 unspecified atom stereocenters. The zero-order chi connectivity index (χ0) is 29.3. The summed E-state index contributed by atoms with van der Waals surface area (Å²) in [5.41, 5.74) is 6.15. The first-order valence-electron chi connectivity index (χ1n) is 15.2. The fourth-order valence-electron chi connectivity index (χ4n) is 7.07. The maximum absolute atomic E-state index is 2.88. The van der Waals surface area contributed by atoms with Crippen LogP contribution in [0.2, 0.25) is 0 Å². The molecule has 0 amide bonds. The maximum atomic E-state index is 2.49. The van der Waals surface area contributed by atoms with E-state index in [1.807, 2.05) is 0 Å². The molecule has 7 aromatic carbocycles. The average molecular weight is 578 g/mol. The Morgan fingerprint density at radius 1 is 0.364 bits per heavy atom. The first kappa shape index (κ1) is 26.2. The van der Waals surface area contributed by atoms with Gasteiger partial charge in [-0.3, -0.25) is 0 Å². The van der Waals surface area contributed by atoms with Gasteiger partial charge in [-0.15, -0.1) is 0 Å². The van der Waals surface area contributed by atoms with Gasteiger partial charge in [0.2, 0.25) is 0 Å². The molecule has 208 valence electrons. The van der Waals surface area contributed by atoms with Crippen molar-refractivity contribution in [2.75, 3.05) is 0 Å². The van der Waals surface area contributed by atoms with Crippen LogP contribution in [0.5, 0.6) is 0 Å². The van der Waals surface area contributed by atoms with Crippen LogP contribution >= 0.6 is 0 Å². The molecular weight excluding hydrogens is 547 g/mol. The summed E-state index contributed by atoms with van der Waals surface area (Å²) in [5, 5.41) is 8.05. The van der Waals surface area contributed by atoms with Gasteiger partial charge in [0.05, 0.1) is 11.0 Å². The summed E-state index contributed by atoms with van der Waals surface area (Å²) < 4.78 is 2.49. The van der Waals surface area contributed by atoms with E-state index >= 15 is 0 Å². The minimum atomic E-state index is -2.88. The summed E-state index contributed by atoms with van der Waals surface area (Å²) in [6.45, 7) is 0. The quantitative estimate of drug-likeness (QED) is 0.140. The van der Waals surface area contributed by atoms with Crippen molar-refractivity contribution in [3.05, 3.63) is 188 Å². The van der Waals surface area contributed by atoms with Crippen LogP contribution in [0.15, 0.2) is 188 Å². The highest BCUT2D eigenvalue weighted by Gasteiger charge is 2.43. The van der Waals surface area contributed by atoms with Crippen LogP contribution in [-0.4, -0.2) is 12.6 Å². The molecule has 8 aromatic rings. The maximum Gasteiger partial charge on any atom is 0.181 e. The van der Waals surface area contributed by atoms with E-state index in [0.717, 1.165) is 0 Å². The largest absolute Gasteiger partial charge is 0.309 e. The molecule has 0 aliphatic carbocycles. The van der Waals surface area contributed by atoms with Gasteiger partial charge < -0.3 is 4.57 Å². The first-order chi connectivity index (χ1) is 21.9. The third-order valence-corrected chi connectivity index (χ3v) is 13.7. The van der Waals surface area contributed by atoms with Crippen LogP contribution in [-0.2, 0) is 0 Å². The highest BCUT2D eigenvalue weighted by Crippen LogP contribution is 2.32. The molecule has 0 spiro atoms. The lowest BCUT2D eigenvalue weighted by Gasteiger charge is -2.35. The Morgan fingerprint density at radius 3 is 1.55 bits per heavy atom. The third-order valence-electron chi connectivity index (χ3n) is 8.93. The van der Waals surface area contributed by atoms with Crippen LogP contribution in [0.1, 0.15) is 0 Å². The Bertz CT molecular complexity index is 2160. The molecule has 0 fully saturated rings. The van der Waals surface area contributed by atoms with Crippen molar-refractivity contribution in [1.82, 2.24) is 4.57 Å². The monoisotopic (exact) mass is 577 g/mol. The number of rotatable bonds is 6. The summed E-state index contributed by atoms with van der Waals surface area (Å²) in [5.74, 6) is 0. The minimum absolute atomic E-state index is 1.17. The molecule has 0 saturated heterocycles. The number of para-hydroxylation sites is 3. The van der Waals surface area contributed by atoms with Crippen molar-refractivity contribution < 1.29 is 0 Å². The molecular formula is C42H31NSi. The van der Waals surface area contributed by atoms with E-state index in [9.17, 15) is 0 Å². The Hall–Kier alpha value is -5.44. The predicted molar refractivity (Wildman–Crippen MR) is 190 cm³/mol. The van der Waals surface area contributed by atoms with Crippen LogP contribution in [0, 0.1) is 0 Å². The van der Waals surface area contributed by atoms with Crippen molar-refractivity contribution >= 4 is 50.6 Å². The fourth-order valence-corrected chi connectivity index (χ4v) is 12.1. The van der Waals surface area contributed by atoms with Gasteiger partial charge in [-0.2, -0.15) is 0 Å². The van der Waals surface area contributed by atoms with E-state index in [1.165, 1.54) is 59.4 Å². The summed E-state index contributed by atoms with van der Waals surface area (Å²) in [4.78, 5) is 0. The molecule has 0 saturated carbocycles. The second kappa shape index (κ2) is 11.0. The van der Waals surface area contributed by atoms with Crippen LogP contribution in [0.3, 0.4) is 0 Å². The van der Waals surface area contributed by atoms with Gasteiger partial charge in [0.1, 0.15) is 0 Å². The molecule has 0 atom stereocenters. The van der Waals surface area contributed by atoms with Gasteiger partial charge in [0.15, 0.2) is 8.07 Å². The molecule has 2 heteroatoms. The highest BCUT2D eigenvalue weighted by molar-refractivity contribution is 7.20. The van der Waals surface area contributed by atoms with Gasteiger partial charge in [0, 0.05) is 16.5 Å².